The zero-order valence-electron chi connectivity index (χ0n) is 16.7. The Morgan fingerprint density at radius 3 is 2.34 bits per heavy atom. The molecule has 5 aliphatic rings. The summed E-state index contributed by atoms with van der Waals surface area (Å²) in [5, 5.41) is 3.27. The van der Waals surface area contributed by atoms with Crippen LogP contribution in [0.5, 0.6) is 11.5 Å². The van der Waals surface area contributed by atoms with E-state index in [0.29, 0.717) is 34.9 Å². The van der Waals surface area contributed by atoms with E-state index >= 15 is 0 Å². The van der Waals surface area contributed by atoms with Crippen LogP contribution < -0.4 is 19.1 Å². The number of hydrogen-bond donors (Lipinski definition) is 1. The van der Waals surface area contributed by atoms with Crippen LogP contribution in [-0.2, 0) is 14.8 Å². The van der Waals surface area contributed by atoms with Crippen LogP contribution in [0.1, 0.15) is 45.4 Å². The van der Waals surface area contributed by atoms with E-state index in [1.54, 1.807) is 25.1 Å². The van der Waals surface area contributed by atoms with Crippen molar-refractivity contribution >= 4 is 21.6 Å². The molecule has 0 atom stereocenters. The minimum Gasteiger partial charge on any atom is -0.454 e. The summed E-state index contributed by atoms with van der Waals surface area (Å²) in [4.78, 5) is 13.0. The van der Waals surface area contributed by atoms with Crippen molar-refractivity contribution in [3.05, 3.63) is 18.2 Å². The van der Waals surface area contributed by atoms with Gasteiger partial charge in [-0.05, 0) is 75.3 Å². The zero-order valence-corrected chi connectivity index (χ0v) is 17.5. The molecule has 0 spiro atoms. The fourth-order valence-electron chi connectivity index (χ4n) is 6.28. The highest BCUT2D eigenvalue weighted by Gasteiger charge is 2.51. The van der Waals surface area contributed by atoms with Gasteiger partial charge >= 0.3 is 0 Å². The normalized spacial score (nSPS) is 31.7. The monoisotopic (exact) mass is 420 g/mol. The molecule has 1 heterocycles. The Balaban J connectivity index is 1.36. The quantitative estimate of drug-likeness (QED) is 0.765. The first-order valence-electron chi connectivity index (χ1n) is 10.6. The van der Waals surface area contributed by atoms with E-state index in [2.05, 4.69) is 5.32 Å². The van der Waals surface area contributed by atoms with E-state index in [0.717, 1.165) is 19.3 Å². The molecule has 29 heavy (non-hydrogen) atoms. The smallest absolute Gasteiger partial charge is 0.241 e. The molecule has 0 saturated heterocycles. The van der Waals surface area contributed by atoms with Gasteiger partial charge in [-0.15, -0.1) is 0 Å². The van der Waals surface area contributed by atoms with E-state index in [9.17, 15) is 13.2 Å². The third kappa shape index (κ3) is 3.45. The van der Waals surface area contributed by atoms with Crippen molar-refractivity contribution in [2.45, 2.75) is 51.0 Å². The van der Waals surface area contributed by atoms with Gasteiger partial charge in [-0.1, -0.05) is 0 Å². The molecule has 4 fully saturated rings. The van der Waals surface area contributed by atoms with Crippen LogP contribution >= 0.6 is 0 Å². The Labute approximate surface area is 171 Å². The maximum Gasteiger partial charge on any atom is 0.241 e. The summed E-state index contributed by atoms with van der Waals surface area (Å²) in [6, 6.07) is 4.99. The van der Waals surface area contributed by atoms with Gasteiger partial charge in [0.05, 0.1) is 11.4 Å². The Morgan fingerprint density at radius 1 is 1.10 bits per heavy atom. The van der Waals surface area contributed by atoms with Gasteiger partial charge in [0.1, 0.15) is 6.54 Å². The number of anilines is 1. The summed E-state index contributed by atoms with van der Waals surface area (Å²) in [5.41, 5.74) is 0.291. The van der Waals surface area contributed by atoms with E-state index in [-0.39, 0.29) is 30.5 Å². The number of sulfonamides is 1. The first-order chi connectivity index (χ1) is 13.9. The van der Waals surface area contributed by atoms with Gasteiger partial charge in [-0.25, -0.2) is 8.42 Å². The molecule has 0 unspecified atom stereocenters. The molecule has 1 amide bonds. The molecule has 4 saturated carbocycles. The highest BCUT2D eigenvalue weighted by Crippen LogP contribution is 2.55. The largest absolute Gasteiger partial charge is 0.454 e. The third-order valence-corrected chi connectivity index (χ3v) is 8.82. The molecule has 0 radical (unpaired) electrons. The number of nitrogens with one attached hydrogen (secondary N) is 1. The molecule has 6 rings (SSSR count). The lowest BCUT2D eigenvalue weighted by Crippen LogP contribution is -2.61. The average Bonchev–Trinajstić information content (AvgIpc) is 3.12. The molecule has 158 valence electrons. The van der Waals surface area contributed by atoms with Crippen molar-refractivity contribution < 1.29 is 22.7 Å². The van der Waals surface area contributed by atoms with E-state index < -0.39 is 10.0 Å². The second kappa shape index (κ2) is 6.79. The molecule has 1 N–H and O–H groups in total. The van der Waals surface area contributed by atoms with Crippen molar-refractivity contribution in [3.8, 4) is 11.5 Å². The number of rotatable bonds is 6. The summed E-state index contributed by atoms with van der Waals surface area (Å²) in [5.74, 6) is 2.93. The molecule has 7 nitrogen and oxygen atoms in total. The number of amides is 1. The minimum absolute atomic E-state index is 0.0773. The van der Waals surface area contributed by atoms with Crippen molar-refractivity contribution in [2.75, 3.05) is 23.4 Å². The van der Waals surface area contributed by atoms with Gasteiger partial charge in [-0.2, -0.15) is 0 Å². The number of ether oxygens (including phenoxy) is 2. The standard InChI is InChI=1S/C21H28N2O5S/c1-2-29(25,26)23(17-3-4-18-19(8-17)28-13-27-18)12-20(24)22-21-9-14-5-15(10-21)7-16(6-14)11-21/h3-4,8,14-16H,2,5-7,9-13H2,1H3,(H,22,24). The number of hydrogen-bond acceptors (Lipinski definition) is 5. The number of benzene rings is 1. The average molecular weight is 421 g/mol. The van der Waals surface area contributed by atoms with Gasteiger partial charge in [0.25, 0.3) is 0 Å². The van der Waals surface area contributed by atoms with Crippen LogP contribution in [0.15, 0.2) is 18.2 Å². The van der Waals surface area contributed by atoms with Crippen molar-refractivity contribution in [1.29, 1.82) is 0 Å². The second-order valence-electron chi connectivity index (χ2n) is 9.19. The molecule has 1 aliphatic heterocycles. The highest BCUT2D eigenvalue weighted by atomic mass is 32.2. The summed E-state index contributed by atoms with van der Waals surface area (Å²) >= 11 is 0. The lowest BCUT2D eigenvalue weighted by atomic mass is 9.53. The predicted molar refractivity (Wildman–Crippen MR) is 108 cm³/mol. The second-order valence-corrected chi connectivity index (χ2v) is 11.4. The maximum absolute atomic E-state index is 13.0. The third-order valence-electron chi connectivity index (χ3n) is 7.07. The van der Waals surface area contributed by atoms with Crippen LogP contribution in [-0.4, -0.2) is 39.0 Å². The van der Waals surface area contributed by atoms with Crippen molar-refractivity contribution in [3.63, 3.8) is 0 Å². The minimum atomic E-state index is -3.62. The topological polar surface area (TPSA) is 84.9 Å². The zero-order chi connectivity index (χ0) is 20.2. The fraction of sp³-hybridized carbons (Fsp3) is 0.667. The summed E-state index contributed by atoms with van der Waals surface area (Å²) < 4.78 is 37.4. The van der Waals surface area contributed by atoms with Gasteiger partial charge in [0.15, 0.2) is 11.5 Å². The van der Waals surface area contributed by atoms with Crippen LogP contribution in [0.3, 0.4) is 0 Å². The van der Waals surface area contributed by atoms with Crippen LogP contribution in [0.4, 0.5) is 5.69 Å². The summed E-state index contributed by atoms with van der Waals surface area (Å²) in [7, 11) is -3.62. The van der Waals surface area contributed by atoms with Gasteiger partial charge in [-0.3, -0.25) is 9.10 Å². The Bertz CT molecular complexity index is 894. The maximum atomic E-state index is 13.0. The number of carbonyl (C=O) groups excluding carboxylic acids is 1. The molecule has 8 heteroatoms. The van der Waals surface area contributed by atoms with Crippen LogP contribution in [0.25, 0.3) is 0 Å². The molecular weight excluding hydrogens is 392 g/mol. The Hall–Kier alpha value is -1.96. The summed E-state index contributed by atoms with van der Waals surface area (Å²) in [6.07, 6.45) is 6.99. The van der Waals surface area contributed by atoms with E-state index in [1.165, 1.54) is 23.6 Å². The van der Waals surface area contributed by atoms with E-state index in [1.807, 2.05) is 0 Å². The summed E-state index contributed by atoms with van der Waals surface area (Å²) in [6.45, 7) is 1.50. The molecule has 4 bridgehead atoms. The Morgan fingerprint density at radius 2 is 1.72 bits per heavy atom. The fourth-order valence-corrected chi connectivity index (χ4v) is 7.34. The van der Waals surface area contributed by atoms with Gasteiger partial charge < -0.3 is 14.8 Å². The number of carbonyl (C=O) groups is 1. The number of fused-ring (bicyclic) bond motifs is 1. The van der Waals surface area contributed by atoms with Crippen molar-refractivity contribution in [2.24, 2.45) is 17.8 Å². The molecular formula is C21H28N2O5S. The van der Waals surface area contributed by atoms with Gasteiger partial charge in [0, 0.05) is 11.6 Å². The lowest BCUT2D eigenvalue weighted by Gasteiger charge is -2.57. The molecule has 1 aromatic rings. The van der Waals surface area contributed by atoms with Crippen LogP contribution in [0.2, 0.25) is 0 Å². The van der Waals surface area contributed by atoms with E-state index in [4.69, 9.17) is 9.47 Å². The molecule has 1 aromatic carbocycles. The lowest BCUT2D eigenvalue weighted by molar-refractivity contribution is -0.125. The molecule has 4 aliphatic carbocycles. The first kappa shape index (κ1) is 19.0. The Kier molecular flexibility index (Phi) is 4.46. The molecule has 0 aromatic heterocycles. The predicted octanol–water partition coefficient (Wildman–Crippen LogP) is 2.66. The SMILES string of the molecule is CCS(=O)(=O)N(CC(=O)NC12CC3CC(CC(C3)C1)C2)c1ccc2c(c1)OCO2. The van der Waals surface area contributed by atoms with Crippen LogP contribution in [0, 0.1) is 17.8 Å². The highest BCUT2D eigenvalue weighted by molar-refractivity contribution is 7.92. The van der Waals surface area contributed by atoms with Gasteiger partial charge in [0.2, 0.25) is 22.7 Å². The first-order valence-corrected chi connectivity index (χ1v) is 12.2. The number of nitrogens with zero attached hydrogens (tertiary/aromatic N) is 1. The van der Waals surface area contributed by atoms with Crippen molar-refractivity contribution in [1.82, 2.24) is 5.32 Å².